The highest BCUT2D eigenvalue weighted by atomic mass is 32.2. The van der Waals surface area contributed by atoms with Gasteiger partial charge >= 0.3 is 0 Å². The molecule has 2 aromatic heterocycles. The lowest BCUT2D eigenvalue weighted by molar-refractivity contribution is 0.927. The Morgan fingerprint density at radius 2 is 2.11 bits per heavy atom. The average molecular weight is 391 g/mol. The third-order valence-electron chi connectivity index (χ3n) is 4.84. The predicted molar refractivity (Wildman–Crippen MR) is 116 cm³/mol. The molecule has 4 nitrogen and oxygen atoms in total. The molecule has 4 heterocycles. The van der Waals surface area contributed by atoms with Gasteiger partial charge in [0.05, 0.1) is 17.6 Å². The first-order valence-corrected chi connectivity index (χ1v) is 10.6. The Hall–Kier alpha value is -2.57. The molecule has 0 spiro atoms. The molecule has 3 aromatic rings. The number of hydrogen-bond donors (Lipinski definition) is 1. The molecule has 1 atom stereocenters. The molecule has 0 saturated heterocycles. The Bertz CT molecular complexity index is 1030. The summed E-state index contributed by atoms with van der Waals surface area (Å²) in [6.07, 6.45) is 6.84. The van der Waals surface area contributed by atoms with Crippen molar-refractivity contribution in [3.8, 4) is 11.1 Å². The van der Waals surface area contributed by atoms with E-state index in [0.717, 1.165) is 29.9 Å². The molecular formula is C21H18N4S2. The maximum atomic E-state index is 6.31. The molecule has 2 N–H and O–H groups in total. The Morgan fingerprint density at radius 1 is 1.15 bits per heavy atom. The van der Waals surface area contributed by atoms with E-state index in [9.17, 15) is 0 Å². The SMILES string of the molecule is Nc1ccc(-c2ccsc2)cc1C1N=C2CCN(c3cccnc3)C=C2S1. The van der Waals surface area contributed by atoms with E-state index in [2.05, 4.69) is 51.1 Å². The zero-order valence-electron chi connectivity index (χ0n) is 14.6. The lowest BCUT2D eigenvalue weighted by Crippen LogP contribution is -2.25. The molecule has 134 valence electrons. The average Bonchev–Trinajstić information content (AvgIpc) is 3.38. The highest BCUT2D eigenvalue weighted by molar-refractivity contribution is 8.04. The molecular weight excluding hydrogens is 372 g/mol. The number of benzene rings is 1. The summed E-state index contributed by atoms with van der Waals surface area (Å²) < 4.78 is 0. The summed E-state index contributed by atoms with van der Waals surface area (Å²) >= 11 is 3.49. The third kappa shape index (κ3) is 3.15. The van der Waals surface area contributed by atoms with Crippen molar-refractivity contribution in [2.24, 2.45) is 4.99 Å². The number of allylic oxidation sites excluding steroid dienone is 1. The number of pyridine rings is 1. The summed E-state index contributed by atoms with van der Waals surface area (Å²) in [7, 11) is 0. The summed E-state index contributed by atoms with van der Waals surface area (Å²) in [5, 5.41) is 4.29. The molecule has 0 amide bonds. The van der Waals surface area contributed by atoms with Crippen LogP contribution in [-0.4, -0.2) is 17.2 Å². The maximum Gasteiger partial charge on any atom is 0.127 e. The van der Waals surface area contributed by atoms with Crippen molar-refractivity contribution in [3.05, 3.63) is 76.2 Å². The van der Waals surface area contributed by atoms with Crippen molar-refractivity contribution >= 4 is 40.2 Å². The van der Waals surface area contributed by atoms with E-state index in [-0.39, 0.29) is 5.37 Å². The smallest absolute Gasteiger partial charge is 0.127 e. The summed E-state index contributed by atoms with van der Waals surface area (Å²) in [6.45, 7) is 0.922. The number of nitrogens with two attached hydrogens (primary N) is 1. The van der Waals surface area contributed by atoms with Gasteiger partial charge in [-0.2, -0.15) is 11.3 Å². The normalized spacial score (nSPS) is 18.8. The molecule has 2 aliphatic rings. The number of anilines is 2. The topological polar surface area (TPSA) is 54.5 Å². The van der Waals surface area contributed by atoms with Gasteiger partial charge in [-0.3, -0.25) is 9.98 Å². The second kappa shape index (κ2) is 6.87. The monoisotopic (exact) mass is 390 g/mol. The summed E-state index contributed by atoms with van der Waals surface area (Å²) in [4.78, 5) is 12.7. The lowest BCUT2D eigenvalue weighted by atomic mass is 10.0. The van der Waals surface area contributed by atoms with Crippen LogP contribution in [0.4, 0.5) is 11.4 Å². The number of nitrogens with zero attached hydrogens (tertiary/aromatic N) is 3. The fourth-order valence-corrected chi connectivity index (χ4v) is 5.30. The van der Waals surface area contributed by atoms with Gasteiger partial charge in [0.2, 0.25) is 0 Å². The number of thioether (sulfide) groups is 1. The van der Waals surface area contributed by atoms with Crippen LogP contribution < -0.4 is 10.6 Å². The van der Waals surface area contributed by atoms with Gasteiger partial charge in [-0.25, -0.2) is 0 Å². The molecule has 2 aliphatic heterocycles. The van der Waals surface area contributed by atoms with Crippen molar-refractivity contribution in [1.82, 2.24) is 4.98 Å². The van der Waals surface area contributed by atoms with Gasteiger partial charge in [0.25, 0.3) is 0 Å². The van der Waals surface area contributed by atoms with Gasteiger partial charge in [-0.15, -0.1) is 0 Å². The number of aromatic nitrogens is 1. The minimum absolute atomic E-state index is 0.0266. The largest absolute Gasteiger partial charge is 0.398 e. The first-order valence-electron chi connectivity index (χ1n) is 8.82. The van der Waals surface area contributed by atoms with Gasteiger partial charge in [0, 0.05) is 41.5 Å². The van der Waals surface area contributed by atoms with Crippen LogP contribution in [0.1, 0.15) is 17.4 Å². The van der Waals surface area contributed by atoms with Gasteiger partial charge in [0.15, 0.2) is 0 Å². The predicted octanol–water partition coefficient (Wildman–Crippen LogP) is 5.33. The highest BCUT2D eigenvalue weighted by Crippen LogP contribution is 2.47. The standard InChI is InChI=1S/C21H18N4S2/c22-18-4-3-14(15-6-9-26-13-15)10-17(18)21-24-19-5-8-25(12-20(19)27-21)16-2-1-7-23-11-16/h1-4,6-7,9-13,21H,5,8,22H2. The van der Waals surface area contributed by atoms with Crippen molar-refractivity contribution < 1.29 is 0 Å². The van der Waals surface area contributed by atoms with E-state index in [0.29, 0.717) is 0 Å². The Morgan fingerprint density at radius 3 is 2.93 bits per heavy atom. The summed E-state index contributed by atoms with van der Waals surface area (Å²) in [5.41, 5.74) is 12.9. The number of hydrogen-bond acceptors (Lipinski definition) is 6. The molecule has 0 radical (unpaired) electrons. The van der Waals surface area contributed by atoms with Crippen LogP contribution in [0.5, 0.6) is 0 Å². The van der Waals surface area contributed by atoms with E-state index in [1.54, 1.807) is 29.3 Å². The Labute approximate surface area is 166 Å². The van der Waals surface area contributed by atoms with Gasteiger partial charge in [-0.05, 0) is 52.2 Å². The van der Waals surface area contributed by atoms with Crippen LogP contribution >= 0.6 is 23.1 Å². The highest BCUT2D eigenvalue weighted by Gasteiger charge is 2.29. The first-order chi connectivity index (χ1) is 13.3. The van der Waals surface area contributed by atoms with Crippen LogP contribution in [0, 0.1) is 0 Å². The Balaban J connectivity index is 1.45. The Kier molecular flexibility index (Phi) is 4.22. The second-order valence-electron chi connectivity index (χ2n) is 6.55. The third-order valence-corrected chi connectivity index (χ3v) is 6.70. The molecule has 27 heavy (non-hydrogen) atoms. The molecule has 0 aliphatic carbocycles. The minimum atomic E-state index is 0.0266. The first kappa shape index (κ1) is 16.6. The number of rotatable bonds is 3. The van der Waals surface area contributed by atoms with Crippen LogP contribution in [0.3, 0.4) is 0 Å². The van der Waals surface area contributed by atoms with Crippen LogP contribution in [0.2, 0.25) is 0 Å². The van der Waals surface area contributed by atoms with E-state index < -0.39 is 0 Å². The second-order valence-corrected chi connectivity index (χ2v) is 8.45. The number of nitrogen functional groups attached to an aromatic ring is 1. The van der Waals surface area contributed by atoms with E-state index in [1.807, 2.05) is 18.3 Å². The quantitative estimate of drug-likeness (QED) is 0.614. The van der Waals surface area contributed by atoms with Crippen molar-refractivity contribution in [2.75, 3.05) is 17.2 Å². The molecule has 0 bridgehead atoms. The van der Waals surface area contributed by atoms with Crippen LogP contribution in [-0.2, 0) is 0 Å². The van der Waals surface area contributed by atoms with Crippen molar-refractivity contribution in [1.29, 1.82) is 0 Å². The van der Waals surface area contributed by atoms with Gasteiger partial charge in [0.1, 0.15) is 5.37 Å². The lowest BCUT2D eigenvalue weighted by Gasteiger charge is -2.25. The van der Waals surface area contributed by atoms with Gasteiger partial charge < -0.3 is 10.6 Å². The molecule has 5 rings (SSSR count). The fraction of sp³-hybridized carbons (Fsp3) is 0.143. The number of thiophene rings is 1. The van der Waals surface area contributed by atoms with Crippen molar-refractivity contribution in [3.63, 3.8) is 0 Å². The van der Waals surface area contributed by atoms with Crippen molar-refractivity contribution in [2.45, 2.75) is 11.8 Å². The fourth-order valence-electron chi connectivity index (χ4n) is 3.40. The number of aliphatic imine (C=N–C) groups is 1. The maximum absolute atomic E-state index is 6.31. The zero-order chi connectivity index (χ0) is 18.2. The van der Waals surface area contributed by atoms with Crippen LogP contribution in [0.15, 0.2) is 75.6 Å². The molecule has 6 heteroatoms. The zero-order valence-corrected chi connectivity index (χ0v) is 16.2. The summed E-state index contributed by atoms with van der Waals surface area (Å²) in [6, 6.07) is 12.5. The van der Waals surface area contributed by atoms with E-state index >= 15 is 0 Å². The molecule has 1 aromatic carbocycles. The minimum Gasteiger partial charge on any atom is -0.398 e. The molecule has 0 fully saturated rings. The van der Waals surface area contributed by atoms with Gasteiger partial charge in [-0.1, -0.05) is 17.8 Å². The summed E-state index contributed by atoms with van der Waals surface area (Å²) in [5.74, 6) is 0. The molecule has 0 saturated carbocycles. The number of fused-ring (bicyclic) bond motifs is 1. The van der Waals surface area contributed by atoms with E-state index in [4.69, 9.17) is 10.7 Å². The van der Waals surface area contributed by atoms with E-state index in [1.165, 1.54) is 21.7 Å². The van der Waals surface area contributed by atoms with Crippen LogP contribution in [0.25, 0.3) is 11.1 Å². The molecule has 1 unspecified atom stereocenters.